The first-order valence-electron chi connectivity index (χ1n) is 6.16. The van der Waals surface area contributed by atoms with E-state index in [4.69, 9.17) is 5.73 Å². The molecule has 1 atom stereocenters. The van der Waals surface area contributed by atoms with Gasteiger partial charge in [-0.3, -0.25) is 14.5 Å². The quantitative estimate of drug-likeness (QED) is 0.638. The standard InChI is InChI=1S/C14H16N2O2/c1-14(2)6-8(14)7-16-12(17)10-4-3-9(15)5-11(10)13(16)18/h3-5,8H,6-7,15H2,1-2H3. The molecule has 0 saturated heterocycles. The Morgan fingerprint density at radius 1 is 1.28 bits per heavy atom. The number of nitrogens with two attached hydrogens (primary N) is 1. The Hall–Kier alpha value is -1.84. The first-order valence-corrected chi connectivity index (χ1v) is 6.16. The van der Waals surface area contributed by atoms with Crippen LogP contribution in [-0.4, -0.2) is 23.3 Å². The molecule has 1 saturated carbocycles. The van der Waals surface area contributed by atoms with Crippen molar-refractivity contribution in [3.8, 4) is 0 Å². The fourth-order valence-electron chi connectivity index (χ4n) is 2.58. The number of benzene rings is 1. The van der Waals surface area contributed by atoms with Crippen LogP contribution in [0.25, 0.3) is 0 Å². The van der Waals surface area contributed by atoms with Crippen LogP contribution in [0.5, 0.6) is 0 Å². The van der Waals surface area contributed by atoms with Gasteiger partial charge in [0.25, 0.3) is 11.8 Å². The average Bonchev–Trinajstić information content (AvgIpc) is 2.84. The number of imide groups is 1. The van der Waals surface area contributed by atoms with Crippen molar-refractivity contribution in [3.05, 3.63) is 29.3 Å². The van der Waals surface area contributed by atoms with E-state index in [-0.39, 0.29) is 17.2 Å². The number of anilines is 1. The summed E-state index contributed by atoms with van der Waals surface area (Å²) in [6.07, 6.45) is 1.07. The lowest BCUT2D eigenvalue weighted by Crippen LogP contribution is -2.32. The van der Waals surface area contributed by atoms with E-state index in [1.54, 1.807) is 18.2 Å². The predicted molar refractivity (Wildman–Crippen MR) is 68.1 cm³/mol. The summed E-state index contributed by atoms with van der Waals surface area (Å²) in [6, 6.07) is 4.89. The van der Waals surface area contributed by atoms with Gasteiger partial charge in [0.2, 0.25) is 0 Å². The molecule has 0 aromatic heterocycles. The van der Waals surface area contributed by atoms with Crippen molar-refractivity contribution < 1.29 is 9.59 Å². The lowest BCUT2D eigenvalue weighted by molar-refractivity contribution is 0.0642. The smallest absolute Gasteiger partial charge is 0.261 e. The number of amides is 2. The van der Waals surface area contributed by atoms with Gasteiger partial charge in [-0.05, 0) is 36.0 Å². The molecule has 1 fully saturated rings. The zero-order valence-corrected chi connectivity index (χ0v) is 10.6. The zero-order valence-electron chi connectivity index (χ0n) is 10.6. The van der Waals surface area contributed by atoms with Gasteiger partial charge in [0.05, 0.1) is 11.1 Å². The minimum atomic E-state index is -0.204. The Morgan fingerprint density at radius 3 is 2.50 bits per heavy atom. The van der Waals surface area contributed by atoms with Crippen molar-refractivity contribution in [3.63, 3.8) is 0 Å². The van der Waals surface area contributed by atoms with Gasteiger partial charge in [-0.2, -0.15) is 0 Å². The van der Waals surface area contributed by atoms with Crippen LogP contribution in [0.15, 0.2) is 18.2 Å². The van der Waals surface area contributed by atoms with Crippen LogP contribution in [0.2, 0.25) is 0 Å². The third kappa shape index (κ3) is 1.52. The number of carbonyl (C=O) groups excluding carboxylic acids is 2. The minimum absolute atomic E-state index is 0.183. The zero-order chi connectivity index (χ0) is 13.1. The fraction of sp³-hybridized carbons (Fsp3) is 0.429. The average molecular weight is 244 g/mol. The molecule has 3 rings (SSSR count). The van der Waals surface area contributed by atoms with E-state index < -0.39 is 0 Å². The predicted octanol–water partition coefficient (Wildman–Crippen LogP) is 1.91. The van der Waals surface area contributed by atoms with Gasteiger partial charge in [-0.25, -0.2) is 0 Å². The molecule has 4 nitrogen and oxygen atoms in total. The van der Waals surface area contributed by atoms with Crippen LogP contribution < -0.4 is 5.73 Å². The molecule has 1 unspecified atom stereocenters. The molecule has 94 valence electrons. The number of carbonyl (C=O) groups is 2. The largest absolute Gasteiger partial charge is 0.399 e. The Labute approximate surface area is 106 Å². The lowest BCUT2D eigenvalue weighted by atomic mass is 10.1. The third-order valence-corrected chi connectivity index (χ3v) is 4.12. The van der Waals surface area contributed by atoms with Crippen LogP contribution in [0.1, 0.15) is 41.0 Å². The van der Waals surface area contributed by atoms with Crippen molar-refractivity contribution in [1.29, 1.82) is 0 Å². The highest BCUT2D eigenvalue weighted by atomic mass is 16.2. The maximum atomic E-state index is 12.2. The number of rotatable bonds is 2. The van der Waals surface area contributed by atoms with Crippen LogP contribution in [0.3, 0.4) is 0 Å². The highest BCUT2D eigenvalue weighted by Crippen LogP contribution is 2.52. The second-order valence-electron chi connectivity index (χ2n) is 5.92. The van der Waals surface area contributed by atoms with Gasteiger partial charge in [0.15, 0.2) is 0 Å². The van der Waals surface area contributed by atoms with E-state index in [0.29, 0.717) is 29.3 Å². The molecular formula is C14H16N2O2. The van der Waals surface area contributed by atoms with E-state index in [0.717, 1.165) is 6.42 Å². The van der Waals surface area contributed by atoms with Gasteiger partial charge in [0.1, 0.15) is 0 Å². The number of nitrogens with zero attached hydrogens (tertiary/aromatic N) is 1. The van der Waals surface area contributed by atoms with E-state index in [9.17, 15) is 9.59 Å². The van der Waals surface area contributed by atoms with Crippen LogP contribution in [-0.2, 0) is 0 Å². The Balaban J connectivity index is 1.88. The van der Waals surface area contributed by atoms with Crippen LogP contribution >= 0.6 is 0 Å². The molecule has 0 bridgehead atoms. The summed E-state index contributed by atoms with van der Waals surface area (Å²) < 4.78 is 0. The summed E-state index contributed by atoms with van der Waals surface area (Å²) in [5.74, 6) is 0.0414. The first kappa shape index (κ1) is 11.3. The summed E-state index contributed by atoms with van der Waals surface area (Å²) in [6.45, 7) is 4.85. The van der Waals surface area contributed by atoms with Gasteiger partial charge >= 0.3 is 0 Å². The molecule has 2 aliphatic rings. The van der Waals surface area contributed by atoms with Gasteiger partial charge in [-0.1, -0.05) is 13.8 Å². The molecule has 1 aliphatic heterocycles. The molecule has 1 heterocycles. The van der Waals surface area contributed by atoms with E-state index in [2.05, 4.69) is 13.8 Å². The first-order chi connectivity index (χ1) is 8.40. The number of fused-ring (bicyclic) bond motifs is 1. The maximum absolute atomic E-state index is 12.2. The molecule has 0 radical (unpaired) electrons. The molecule has 1 aromatic carbocycles. The van der Waals surface area contributed by atoms with Crippen molar-refractivity contribution in [1.82, 2.24) is 4.90 Å². The monoisotopic (exact) mass is 244 g/mol. The Kier molecular flexibility index (Phi) is 2.09. The van der Waals surface area contributed by atoms with E-state index >= 15 is 0 Å². The van der Waals surface area contributed by atoms with E-state index in [1.807, 2.05) is 0 Å². The normalized spacial score (nSPS) is 24.3. The molecular weight excluding hydrogens is 228 g/mol. The SMILES string of the molecule is CC1(C)CC1CN1C(=O)c2ccc(N)cc2C1=O. The van der Waals surface area contributed by atoms with Crippen molar-refractivity contribution >= 4 is 17.5 Å². The van der Waals surface area contributed by atoms with Crippen LogP contribution in [0.4, 0.5) is 5.69 Å². The second kappa shape index (κ2) is 3.34. The highest BCUT2D eigenvalue weighted by Gasteiger charge is 2.49. The number of nitrogen functional groups attached to an aromatic ring is 1. The Morgan fingerprint density at radius 2 is 1.89 bits per heavy atom. The van der Waals surface area contributed by atoms with Crippen molar-refractivity contribution in [2.45, 2.75) is 20.3 Å². The molecule has 0 spiro atoms. The molecule has 4 heteroatoms. The summed E-state index contributed by atoms with van der Waals surface area (Å²) in [5, 5.41) is 0. The van der Waals surface area contributed by atoms with Gasteiger partial charge in [-0.15, -0.1) is 0 Å². The molecule has 18 heavy (non-hydrogen) atoms. The topological polar surface area (TPSA) is 63.4 Å². The summed E-state index contributed by atoms with van der Waals surface area (Å²) in [5.41, 5.74) is 7.36. The second-order valence-corrected chi connectivity index (χ2v) is 5.92. The minimum Gasteiger partial charge on any atom is -0.399 e. The van der Waals surface area contributed by atoms with Crippen molar-refractivity contribution in [2.24, 2.45) is 11.3 Å². The molecule has 2 amide bonds. The third-order valence-electron chi connectivity index (χ3n) is 4.12. The van der Waals surface area contributed by atoms with Crippen molar-refractivity contribution in [2.75, 3.05) is 12.3 Å². The summed E-state index contributed by atoms with van der Waals surface area (Å²) in [7, 11) is 0. The highest BCUT2D eigenvalue weighted by molar-refractivity contribution is 6.21. The molecule has 1 aliphatic carbocycles. The molecule has 1 aromatic rings. The van der Waals surface area contributed by atoms with Gasteiger partial charge in [0, 0.05) is 12.2 Å². The summed E-state index contributed by atoms with van der Waals surface area (Å²) in [4.78, 5) is 25.7. The fourth-order valence-corrected chi connectivity index (χ4v) is 2.58. The van der Waals surface area contributed by atoms with Gasteiger partial charge < -0.3 is 5.73 Å². The molecule has 2 N–H and O–H groups in total. The lowest BCUT2D eigenvalue weighted by Gasteiger charge is -2.14. The number of hydrogen-bond donors (Lipinski definition) is 1. The Bertz CT molecular complexity index is 563. The summed E-state index contributed by atoms with van der Waals surface area (Å²) >= 11 is 0. The number of hydrogen-bond acceptors (Lipinski definition) is 3. The van der Waals surface area contributed by atoms with E-state index in [1.165, 1.54) is 4.90 Å². The maximum Gasteiger partial charge on any atom is 0.261 e. The van der Waals surface area contributed by atoms with Crippen LogP contribution in [0, 0.1) is 11.3 Å².